The van der Waals surface area contributed by atoms with Crippen molar-refractivity contribution in [3.63, 3.8) is 0 Å². The molecule has 1 saturated carbocycles. The smallest absolute Gasteiger partial charge is 0.0326 e. The average molecular weight is 231 g/mol. The summed E-state index contributed by atoms with van der Waals surface area (Å²) in [6, 6.07) is 6.77. The van der Waals surface area contributed by atoms with E-state index in [0.717, 1.165) is 5.92 Å². The van der Waals surface area contributed by atoms with E-state index in [0.29, 0.717) is 5.92 Å². The number of hydrogen-bond acceptors (Lipinski definition) is 1. The van der Waals surface area contributed by atoms with Crippen molar-refractivity contribution in [1.29, 1.82) is 0 Å². The fourth-order valence-corrected chi connectivity index (χ4v) is 3.20. The summed E-state index contributed by atoms with van der Waals surface area (Å²) in [6.07, 6.45) is 5.33. The highest BCUT2D eigenvalue weighted by molar-refractivity contribution is 5.35. The number of nitrogens with two attached hydrogens (primary N) is 1. The van der Waals surface area contributed by atoms with Crippen molar-refractivity contribution in [2.45, 2.75) is 52.5 Å². The third-order valence-corrected chi connectivity index (χ3v) is 4.67. The Balaban J connectivity index is 2.15. The molecule has 0 aromatic heterocycles. The van der Waals surface area contributed by atoms with Crippen LogP contribution in [-0.4, -0.2) is 0 Å². The molecule has 2 rings (SSSR count). The number of benzene rings is 1. The van der Waals surface area contributed by atoms with Gasteiger partial charge in [-0.15, -0.1) is 0 Å². The Morgan fingerprint density at radius 3 is 2.71 bits per heavy atom. The predicted octanol–water partition coefficient (Wildman–Crippen LogP) is 4.13. The Bertz CT molecular complexity index is 383. The monoisotopic (exact) mass is 231 g/mol. The summed E-state index contributed by atoms with van der Waals surface area (Å²) in [5.41, 5.74) is 10.6. The van der Waals surface area contributed by atoms with Gasteiger partial charge in [0.25, 0.3) is 0 Å². The SMILES string of the molecule is CCC1CCC(C(N)c2cccc(C)c2C)C1. The third-order valence-electron chi connectivity index (χ3n) is 4.67. The van der Waals surface area contributed by atoms with Crippen molar-refractivity contribution >= 4 is 0 Å². The Kier molecular flexibility index (Phi) is 3.88. The molecule has 17 heavy (non-hydrogen) atoms. The molecule has 2 N–H and O–H groups in total. The van der Waals surface area contributed by atoms with E-state index >= 15 is 0 Å². The lowest BCUT2D eigenvalue weighted by atomic mass is 9.87. The lowest BCUT2D eigenvalue weighted by Crippen LogP contribution is -2.20. The van der Waals surface area contributed by atoms with Crippen LogP contribution in [-0.2, 0) is 0 Å². The van der Waals surface area contributed by atoms with Gasteiger partial charge in [0.05, 0.1) is 0 Å². The fourth-order valence-electron chi connectivity index (χ4n) is 3.20. The van der Waals surface area contributed by atoms with Gasteiger partial charge in [0.1, 0.15) is 0 Å². The standard InChI is InChI=1S/C16H25N/c1-4-13-8-9-14(10-13)16(17)15-7-5-6-11(2)12(15)3/h5-7,13-14,16H,4,8-10,17H2,1-3H3. The minimum Gasteiger partial charge on any atom is -0.324 e. The van der Waals surface area contributed by atoms with Gasteiger partial charge in [0, 0.05) is 6.04 Å². The number of rotatable bonds is 3. The first kappa shape index (κ1) is 12.6. The van der Waals surface area contributed by atoms with Gasteiger partial charge in [0.2, 0.25) is 0 Å². The van der Waals surface area contributed by atoms with Crippen molar-refractivity contribution in [2.24, 2.45) is 17.6 Å². The molecular formula is C16H25N. The van der Waals surface area contributed by atoms with Crippen molar-refractivity contribution in [3.05, 3.63) is 34.9 Å². The second-order valence-electron chi connectivity index (χ2n) is 5.66. The van der Waals surface area contributed by atoms with Crippen LogP contribution < -0.4 is 5.73 Å². The van der Waals surface area contributed by atoms with Crippen LogP contribution in [0.15, 0.2) is 18.2 Å². The molecule has 0 heterocycles. The highest BCUT2D eigenvalue weighted by Gasteiger charge is 2.29. The molecule has 1 fully saturated rings. The summed E-state index contributed by atoms with van der Waals surface area (Å²) in [5, 5.41) is 0. The van der Waals surface area contributed by atoms with Gasteiger partial charge < -0.3 is 5.73 Å². The van der Waals surface area contributed by atoms with Crippen LogP contribution in [0.1, 0.15) is 55.3 Å². The third kappa shape index (κ3) is 2.55. The summed E-state index contributed by atoms with van der Waals surface area (Å²) in [6.45, 7) is 6.68. The first-order valence-electron chi connectivity index (χ1n) is 6.95. The van der Waals surface area contributed by atoms with Crippen LogP contribution in [0.2, 0.25) is 0 Å². The molecule has 94 valence electrons. The zero-order valence-corrected chi connectivity index (χ0v) is 11.4. The Labute approximate surface area is 105 Å². The normalized spacial score (nSPS) is 26.1. The Hall–Kier alpha value is -0.820. The minimum atomic E-state index is 0.242. The highest BCUT2D eigenvalue weighted by atomic mass is 14.7. The highest BCUT2D eigenvalue weighted by Crippen LogP contribution is 2.40. The van der Waals surface area contributed by atoms with Crippen LogP contribution in [0, 0.1) is 25.7 Å². The van der Waals surface area contributed by atoms with Gasteiger partial charge in [-0.2, -0.15) is 0 Å². The molecule has 0 amide bonds. The van der Waals surface area contributed by atoms with Crippen LogP contribution in [0.5, 0.6) is 0 Å². The largest absolute Gasteiger partial charge is 0.324 e. The predicted molar refractivity (Wildman–Crippen MR) is 74.0 cm³/mol. The maximum atomic E-state index is 6.49. The molecule has 0 radical (unpaired) electrons. The summed E-state index contributed by atoms with van der Waals surface area (Å²) in [7, 11) is 0. The van der Waals surface area contributed by atoms with Crippen molar-refractivity contribution in [3.8, 4) is 0 Å². The van der Waals surface area contributed by atoms with Gasteiger partial charge >= 0.3 is 0 Å². The first-order chi connectivity index (χ1) is 8.13. The van der Waals surface area contributed by atoms with Gasteiger partial charge in [-0.25, -0.2) is 0 Å². The summed E-state index contributed by atoms with van der Waals surface area (Å²) in [5.74, 6) is 1.61. The van der Waals surface area contributed by atoms with E-state index in [1.165, 1.54) is 42.4 Å². The van der Waals surface area contributed by atoms with Crippen LogP contribution in [0.25, 0.3) is 0 Å². The second-order valence-corrected chi connectivity index (χ2v) is 5.66. The number of hydrogen-bond donors (Lipinski definition) is 1. The van der Waals surface area contributed by atoms with Crippen molar-refractivity contribution in [2.75, 3.05) is 0 Å². The molecule has 3 unspecified atom stereocenters. The van der Waals surface area contributed by atoms with Gasteiger partial charge in [-0.1, -0.05) is 38.0 Å². The molecular weight excluding hydrogens is 206 g/mol. The molecule has 1 aliphatic carbocycles. The molecule has 0 bridgehead atoms. The van der Waals surface area contributed by atoms with Crippen LogP contribution >= 0.6 is 0 Å². The molecule has 1 aliphatic rings. The lowest BCUT2D eigenvalue weighted by molar-refractivity contribution is 0.415. The van der Waals surface area contributed by atoms with E-state index in [-0.39, 0.29) is 6.04 Å². The zero-order valence-electron chi connectivity index (χ0n) is 11.4. The second kappa shape index (κ2) is 5.22. The summed E-state index contributed by atoms with van der Waals surface area (Å²) in [4.78, 5) is 0. The van der Waals surface area contributed by atoms with Crippen LogP contribution in [0.4, 0.5) is 0 Å². The van der Waals surface area contributed by atoms with E-state index in [1.807, 2.05) is 0 Å². The summed E-state index contributed by atoms with van der Waals surface area (Å²) >= 11 is 0. The minimum absolute atomic E-state index is 0.242. The van der Waals surface area contributed by atoms with Gasteiger partial charge in [-0.05, 0) is 55.2 Å². The maximum absolute atomic E-state index is 6.49. The van der Waals surface area contributed by atoms with Crippen molar-refractivity contribution < 1.29 is 0 Å². The van der Waals surface area contributed by atoms with Gasteiger partial charge in [0.15, 0.2) is 0 Å². The van der Waals surface area contributed by atoms with E-state index < -0.39 is 0 Å². The molecule has 0 aliphatic heterocycles. The zero-order chi connectivity index (χ0) is 12.4. The quantitative estimate of drug-likeness (QED) is 0.831. The molecule has 0 saturated heterocycles. The van der Waals surface area contributed by atoms with E-state index in [9.17, 15) is 0 Å². The molecule has 1 nitrogen and oxygen atoms in total. The fraction of sp³-hybridized carbons (Fsp3) is 0.625. The maximum Gasteiger partial charge on any atom is 0.0326 e. The average Bonchev–Trinajstić information content (AvgIpc) is 2.80. The van der Waals surface area contributed by atoms with E-state index in [2.05, 4.69) is 39.0 Å². The van der Waals surface area contributed by atoms with Crippen molar-refractivity contribution in [1.82, 2.24) is 0 Å². The topological polar surface area (TPSA) is 26.0 Å². The first-order valence-corrected chi connectivity index (χ1v) is 6.95. The van der Waals surface area contributed by atoms with Gasteiger partial charge in [-0.3, -0.25) is 0 Å². The Morgan fingerprint density at radius 1 is 1.29 bits per heavy atom. The van der Waals surface area contributed by atoms with Crippen LogP contribution in [0.3, 0.4) is 0 Å². The molecule has 1 aromatic carbocycles. The van der Waals surface area contributed by atoms with E-state index in [1.54, 1.807) is 0 Å². The molecule has 3 atom stereocenters. The Morgan fingerprint density at radius 2 is 2.06 bits per heavy atom. The number of aryl methyl sites for hydroxylation is 1. The molecule has 1 aromatic rings. The summed E-state index contributed by atoms with van der Waals surface area (Å²) < 4.78 is 0. The molecule has 1 heteroatoms. The lowest BCUT2D eigenvalue weighted by Gasteiger charge is -2.22. The van der Waals surface area contributed by atoms with E-state index in [4.69, 9.17) is 5.73 Å². The molecule has 0 spiro atoms.